The fraction of sp³-hybridized carbons (Fsp3) is 0.643. The smallest absolute Gasteiger partial charge is 0.314 e. The zero-order valence-electron chi connectivity index (χ0n) is 12.4. The molecule has 2 amide bonds. The number of carbonyl (C=O) groups excluding carboxylic acids is 1. The Bertz CT molecular complexity index is 420. The van der Waals surface area contributed by atoms with Crippen LogP contribution >= 0.6 is 0 Å². The van der Waals surface area contributed by atoms with E-state index in [9.17, 15) is 9.59 Å². The van der Waals surface area contributed by atoms with Gasteiger partial charge in [-0.3, -0.25) is 4.79 Å². The summed E-state index contributed by atoms with van der Waals surface area (Å²) in [5.74, 6) is 0.439. The summed E-state index contributed by atoms with van der Waals surface area (Å²) in [5, 5.41) is 14.1. The molecular formula is C14H24N4O3. The predicted molar refractivity (Wildman–Crippen MR) is 79.0 cm³/mol. The Morgan fingerprint density at radius 3 is 2.76 bits per heavy atom. The molecule has 1 atom stereocenters. The summed E-state index contributed by atoms with van der Waals surface area (Å²) in [6.07, 6.45) is 6.73. The number of urea groups is 1. The molecule has 0 fully saturated rings. The van der Waals surface area contributed by atoms with Gasteiger partial charge >= 0.3 is 12.0 Å². The maximum atomic E-state index is 11.5. The van der Waals surface area contributed by atoms with E-state index in [1.54, 1.807) is 12.4 Å². The number of H-pyrrole nitrogens is 1. The number of hydrogen-bond donors (Lipinski definition) is 4. The van der Waals surface area contributed by atoms with Crippen molar-refractivity contribution in [2.75, 3.05) is 13.1 Å². The Morgan fingerprint density at radius 1 is 1.33 bits per heavy atom. The third-order valence-corrected chi connectivity index (χ3v) is 3.20. The number of carboxylic acid groups (broad SMARTS) is 1. The summed E-state index contributed by atoms with van der Waals surface area (Å²) >= 11 is 0. The van der Waals surface area contributed by atoms with Crippen LogP contribution in [0.3, 0.4) is 0 Å². The van der Waals surface area contributed by atoms with E-state index in [0.29, 0.717) is 25.4 Å². The third-order valence-electron chi connectivity index (χ3n) is 3.20. The van der Waals surface area contributed by atoms with Crippen molar-refractivity contribution < 1.29 is 14.7 Å². The topological polar surface area (TPSA) is 107 Å². The molecule has 0 saturated carbocycles. The van der Waals surface area contributed by atoms with Crippen LogP contribution in [0.4, 0.5) is 4.79 Å². The number of aryl methyl sites for hydroxylation is 1. The largest absolute Gasteiger partial charge is 0.481 e. The first-order chi connectivity index (χ1) is 10.1. The van der Waals surface area contributed by atoms with Gasteiger partial charge in [0, 0.05) is 38.3 Å². The Labute approximate surface area is 124 Å². The van der Waals surface area contributed by atoms with E-state index in [2.05, 4.69) is 20.6 Å². The van der Waals surface area contributed by atoms with Crippen LogP contribution in [0.1, 0.15) is 38.4 Å². The molecule has 1 aromatic rings. The fourth-order valence-corrected chi connectivity index (χ4v) is 1.90. The molecule has 0 spiro atoms. The van der Waals surface area contributed by atoms with Gasteiger partial charge in [0.05, 0.1) is 0 Å². The molecule has 0 bridgehead atoms. The highest BCUT2D eigenvalue weighted by Gasteiger charge is 2.06. The van der Waals surface area contributed by atoms with Gasteiger partial charge in [0.25, 0.3) is 0 Å². The molecule has 0 saturated heterocycles. The Morgan fingerprint density at radius 2 is 2.10 bits per heavy atom. The lowest BCUT2D eigenvalue weighted by Crippen LogP contribution is -2.37. The van der Waals surface area contributed by atoms with Gasteiger partial charge in [0.2, 0.25) is 0 Å². The Kier molecular flexibility index (Phi) is 7.93. The number of nitrogens with one attached hydrogen (secondary N) is 3. The molecule has 0 aliphatic rings. The van der Waals surface area contributed by atoms with Crippen LogP contribution in [0.2, 0.25) is 0 Å². The van der Waals surface area contributed by atoms with Gasteiger partial charge in [0.15, 0.2) is 0 Å². The molecule has 4 N–H and O–H groups in total. The van der Waals surface area contributed by atoms with Gasteiger partial charge in [-0.1, -0.05) is 6.92 Å². The minimum atomic E-state index is -0.774. The molecule has 0 aliphatic heterocycles. The average Bonchev–Trinajstić information content (AvgIpc) is 2.94. The van der Waals surface area contributed by atoms with Crippen molar-refractivity contribution in [1.29, 1.82) is 0 Å². The lowest BCUT2D eigenvalue weighted by molar-refractivity contribution is -0.137. The van der Waals surface area contributed by atoms with E-state index in [0.717, 1.165) is 25.1 Å². The molecule has 0 aromatic carbocycles. The minimum Gasteiger partial charge on any atom is -0.481 e. The second-order valence-corrected chi connectivity index (χ2v) is 5.15. The first kappa shape index (κ1) is 17.0. The molecule has 1 heterocycles. The summed E-state index contributed by atoms with van der Waals surface area (Å²) in [6.45, 7) is 3.15. The first-order valence-corrected chi connectivity index (χ1v) is 7.29. The number of aliphatic carboxylic acids is 1. The quantitative estimate of drug-likeness (QED) is 0.491. The van der Waals surface area contributed by atoms with E-state index in [-0.39, 0.29) is 12.5 Å². The number of carbonyl (C=O) groups is 2. The molecule has 0 aliphatic carbocycles. The summed E-state index contributed by atoms with van der Waals surface area (Å²) in [7, 11) is 0. The van der Waals surface area contributed by atoms with Crippen LogP contribution in [0.15, 0.2) is 12.4 Å². The van der Waals surface area contributed by atoms with Crippen molar-refractivity contribution in [3.63, 3.8) is 0 Å². The molecule has 7 heteroatoms. The van der Waals surface area contributed by atoms with Crippen molar-refractivity contribution >= 4 is 12.0 Å². The van der Waals surface area contributed by atoms with Crippen molar-refractivity contribution in [3.05, 3.63) is 18.2 Å². The van der Waals surface area contributed by atoms with E-state index < -0.39 is 5.97 Å². The fourth-order valence-electron chi connectivity index (χ4n) is 1.90. The molecule has 21 heavy (non-hydrogen) atoms. The SMILES string of the molecule is CC(CCNC(=O)NCCCc1ncc[nH]1)CCC(=O)O. The molecule has 0 radical (unpaired) electrons. The summed E-state index contributed by atoms with van der Waals surface area (Å²) in [4.78, 5) is 29.1. The number of rotatable bonds is 10. The monoisotopic (exact) mass is 296 g/mol. The number of amides is 2. The number of nitrogens with zero attached hydrogens (tertiary/aromatic N) is 1. The molecule has 1 rings (SSSR count). The van der Waals surface area contributed by atoms with Crippen molar-refractivity contribution in [2.45, 2.75) is 39.0 Å². The highest BCUT2D eigenvalue weighted by Crippen LogP contribution is 2.08. The number of hydrogen-bond acceptors (Lipinski definition) is 3. The molecule has 7 nitrogen and oxygen atoms in total. The molecule has 1 aromatic heterocycles. The Hall–Kier alpha value is -2.05. The Balaban J connectivity index is 1.97. The maximum Gasteiger partial charge on any atom is 0.314 e. The van der Waals surface area contributed by atoms with Crippen molar-refractivity contribution in [1.82, 2.24) is 20.6 Å². The minimum absolute atomic E-state index is 0.181. The van der Waals surface area contributed by atoms with Crippen LogP contribution < -0.4 is 10.6 Å². The van der Waals surface area contributed by atoms with E-state index in [4.69, 9.17) is 5.11 Å². The summed E-state index contributed by atoms with van der Waals surface area (Å²) in [6, 6.07) is -0.181. The lowest BCUT2D eigenvalue weighted by atomic mass is 10.0. The summed E-state index contributed by atoms with van der Waals surface area (Å²) < 4.78 is 0. The van der Waals surface area contributed by atoms with Crippen LogP contribution in [0.5, 0.6) is 0 Å². The van der Waals surface area contributed by atoms with Gasteiger partial charge in [-0.15, -0.1) is 0 Å². The predicted octanol–water partition coefficient (Wildman–Crippen LogP) is 1.53. The number of imidazole rings is 1. The molecule has 118 valence electrons. The number of aromatic nitrogens is 2. The second-order valence-electron chi connectivity index (χ2n) is 5.15. The van der Waals surface area contributed by atoms with Gasteiger partial charge in [-0.2, -0.15) is 0 Å². The van der Waals surface area contributed by atoms with Crippen LogP contribution in [-0.2, 0) is 11.2 Å². The second kappa shape index (κ2) is 9.79. The van der Waals surface area contributed by atoms with Crippen molar-refractivity contribution in [3.8, 4) is 0 Å². The lowest BCUT2D eigenvalue weighted by Gasteiger charge is -2.11. The van der Waals surface area contributed by atoms with E-state index in [1.165, 1.54) is 0 Å². The highest BCUT2D eigenvalue weighted by molar-refractivity contribution is 5.73. The zero-order valence-corrected chi connectivity index (χ0v) is 12.4. The van der Waals surface area contributed by atoms with Gasteiger partial charge in [-0.05, 0) is 25.2 Å². The zero-order chi connectivity index (χ0) is 15.5. The van der Waals surface area contributed by atoms with Crippen LogP contribution in [0, 0.1) is 5.92 Å². The van der Waals surface area contributed by atoms with Gasteiger partial charge in [0.1, 0.15) is 5.82 Å². The number of aromatic amines is 1. The standard InChI is InChI=1S/C14H24N4O3/c1-11(4-5-13(19)20)6-8-18-14(21)17-7-2-3-12-15-9-10-16-12/h9-11H,2-8H2,1H3,(H,15,16)(H,19,20)(H2,17,18,21). The van der Waals surface area contributed by atoms with Gasteiger partial charge < -0.3 is 20.7 Å². The molecular weight excluding hydrogens is 272 g/mol. The number of carboxylic acids is 1. The summed E-state index contributed by atoms with van der Waals surface area (Å²) in [5.41, 5.74) is 0. The third kappa shape index (κ3) is 8.67. The normalized spacial score (nSPS) is 11.9. The van der Waals surface area contributed by atoms with Gasteiger partial charge in [-0.25, -0.2) is 9.78 Å². The first-order valence-electron chi connectivity index (χ1n) is 7.29. The van der Waals surface area contributed by atoms with Crippen molar-refractivity contribution in [2.24, 2.45) is 5.92 Å². The maximum absolute atomic E-state index is 11.5. The average molecular weight is 296 g/mol. The van der Waals surface area contributed by atoms with Crippen LogP contribution in [-0.4, -0.2) is 40.2 Å². The molecule has 1 unspecified atom stereocenters. The van der Waals surface area contributed by atoms with E-state index in [1.807, 2.05) is 6.92 Å². The highest BCUT2D eigenvalue weighted by atomic mass is 16.4. The van der Waals surface area contributed by atoms with E-state index >= 15 is 0 Å². The van der Waals surface area contributed by atoms with Crippen LogP contribution in [0.25, 0.3) is 0 Å².